The minimum atomic E-state index is -3.88. The third kappa shape index (κ3) is 6.65. The molecule has 1 aromatic rings. The normalized spacial score (nSPS) is 11.1. The van der Waals surface area contributed by atoms with Gasteiger partial charge in [-0.2, -0.15) is 4.31 Å². The Labute approximate surface area is 159 Å². The topological polar surface area (TPSA) is 116 Å². The highest BCUT2D eigenvalue weighted by Crippen LogP contribution is 2.17. The highest BCUT2D eigenvalue weighted by molar-refractivity contribution is 7.89. The highest BCUT2D eigenvalue weighted by Gasteiger charge is 2.23. The number of nitrogens with zero attached hydrogens (tertiary/aromatic N) is 2. The maximum absolute atomic E-state index is 12.5. The SMILES string of the molecule is CCN(CC)C(=O)CNC(=O)CN(C)S(=O)(=O)c1ccc(NC(C)=O)cc1. The molecule has 0 aliphatic carbocycles. The van der Waals surface area contributed by atoms with Gasteiger partial charge >= 0.3 is 0 Å². The quantitative estimate of drug-likeness (QED) is 0.619. The summed E-state index contributed by atoms with van der Waals surface area (Å²) in [4.78, 5) is 36.4. The van der Waals surface area contributed by atoms with Gasteiger partial charge in [-0.15, -0.1) is 0 Å². The van der Waals surface area contributed by atoms with Crippen molar-refractivity contribution in [2.75, 3.05) is 38.5 Å². The molecule has 27 heavy (non-hydrogen) atoms. The van der Waals surface area contributed by atoms with Crippen molar-refractivity contribution in [3.8, 4) is 0 Å². The Hall–Kier alpha value is -2.46. The summed E-state index contributed by atoms with van der Waals surface area (Å²) in [5.74, 6) is -1.07. The zero-order valence-corrected chi connectivity index (χ0v) is 16.8. The van der Waals surface area contributed by atoms with Crippen LogP contribution in [-0.4, -0.2) is 68.6 Å². The Bertz CT molecular complexity index is 773. The first-order valence-electron chi connectivity index (χ1n) is 8.50. The Morgan fingerprint density at radius 2 is 1.59 bits per heavy atom. The number of carbonyl (C=O) groups is 3. The molecule has 3 amide bonds. The van der Waals surface area contributed by atoms with Gasteiger partial charge in [0.15, 0.2) is 0 Å². The lowest BCUT2D eigenvalue weighted by Gasteiger charge is -2.20. The first-order chi connectivity index (χ1) is 12.6. The van der Waals surface area contributed by atoms with Crippen molar-refractivity contribution in [2.24, 2.45) is 0 Å². The van der Waals surface area contributed by atoms with Crippen molar-refractivity contribution in [1.82, 2.24) is 14.5 Å². The van der Waals surface area contributed by atoms with Gasteiger partial charge in [0.1, 0.15) is 0 Å². The van der Waals surface area contributed by atoms with E-state index in [-0.39, 0.29) is 23.3 Å². The largest absolute Gasteiger partial charge is 0.346 e. The van der Waals surface area contributed by atoms with Gasteiger partial charge in [-0.1, -0.05) is 0 Å². The second-order valence-electron chi connectivity index (χ2n) is 5.81. The van der Waals surface area contributed by atoms with Crippen molar-refractivity contribution < 1.29 is 22.8 Å². The molecule has 1 aromatic carbocycles. The number of carbonyl (C=O) groups excluding carboxylic acids is 3. The van der Waals surface area contributed by atoms with Crippen LogP contribution in [0, 0.1) is 0 Å². The van der Waals surface area contributed by atoms with E-state index in [1.165, 1.54) is 38.2 Å². The molecule has 0 saturated heterocycles. The average Bonchev–Trinajstić information content (AvgIpc) is 2.61. The molecule has 9 nitrogen and oxygen atoms in total. The van der Waals surface area contributed by atoms with Gasteiger partial charge < -0.3 is 15.5 Å². The Morgan fingerprint density at radius 1 is 1.04 bits per heavy atom. The van der Waals surface area contributed by atoms with Gasteiger partial charge in [0.2, 0.25) is 27.7 Å². The molecule has 0 aliphatic heterocycles. The van der Waals surface area contributed by atoms with Crippen molar-refractivity contribution in [3.05, 3.63) is 24.3 Å². The van der Waals surface area contributed by atoms with Crippen LogP contribution < -0.4 is 10.6 Å². The van der Waals surface area contributed by atoms with Crippen molar-refractivity contribution in [3.63, 3.8) is 0 Å². The molecule has 0 aromatic heterocycles. The third-order valence-corrected chi connectivity index (χ3v) is 5.62. The fourth-order valence-electron chi connectivity index (χ4n) is 2.30. The fourth-order valence-corrected chi connectivity index (χ4v) is 3.43. The predicted octanol–water partition coefficient (Wildman–Crippen LogP) is 0.250. The predicted molar refractivity (Wildman–Crippen MR) is 101 cm³/mol. The molecule has 0 heterocycles. The van der Waals surface area contributed by atoms with E-state index in [1.807, 2.05) is 13.8 Å². The van der Waals surface area contributed by atoms with Crippen LogP contribution in [0.25, 0.3) is 0 Å². The smallest absolute Gasteiger partial charge is 0.243 e. The number of rotatable bonds is 9. The molecule has 0 atom stereocenters. The van der Waals surface area contributed by atoms with E-state index in [9.17, 15) is 22.8 Å². The Balaban J connectivity index is 2.68. The van der Waals surface area contributed by atoms with E-state index in [0.717, 1.165) is 4.31 Å². The summed E-state index contributed by atoms with van der Waals surface area (Å²) < 4.78 is 25.9. The maximum Gasteiger partial charge on any atom is 0.243 e. The first-order valence-corrected chi connectivity index (χ1v) is 9.94. The zero-order chi connectivity index (χ0) is 20.6. The first kappa shape index (κ1) is 22.6. The monoisotopic (exact) mass is 398 g/mol. The number of likely N-dealkylation sites (N-methyl/N-ethyl adjacent to an activating group) is 2. The van der Waals surface area contributed by atoms with Crippen LogP contribution in [0.3, 0.4) is 0 Å². The summed E-state index contributed by atoms with van der Waals surface area (Å²) in [7, 11) is -2.60. The summed E-state index contributed by atoms with van der Waals surface area (Å²) in [6.45, 7) is 5.49. The van der Waals surface area contributed by atoms with E-state index in [2.05, 4.69) is 10.6 Å². The molecule has 0 radical (unpaired) electrons. The minimum Gasteiger partial charge on any atom is -0.346 e. The van der Waals surface area contributed by atoms with Crippen LogP contribution in [0.2, 0.25) is 0 Å². The van der Waals surface area contributed by atoms with Crippen LogP contribution in [0.1, 0.15) is 20.8 Å². The number of amides is 3. The lowest BCUT2D eigenvalue weighted by atomic mass is 10.3. The van der Waals surface area contributed by atoms with Gasteiger partial charge in [0, 0.05) is 32.7 Å². The summed E-state index contributed by atoms with van der Waals surface area (Å²) in [5.41, 5.74) is 0.469. The molecular formula is C17H26N4O5S. The number of sulfonamides is 1. The highest BCUT2D eigenvalue weighted by atomic mass is 32.2. The van der Waals surface area contributed by atoms with Crippen molar-refractivity contribution >= 4 is 33.4 Å². The van der Waals surface area contributed by atoms with Crippen LogP contribution in [0.15, 0.2) is 29.2 Å². The van der Waals surface area contributed by atoms with Gasteiger partial charge in [0.05, 0.1) is 18.0 Å². The number of anilines is 1. The number of hydrogen-bond acceptors (Lipinski definition) is 5. The molecule has 150 valence electrons. The van der Waals surface area contributed by atoms with E-state index >= 15 is 0 Å². The molecule has 0 fully saturated rings. The molecular weight excluding hydrogens is 372 g/mol. The Kier molecular flexibility index (Phi) is 8.38. The molecule has 2 N–H and O–H groups in total. The number of nitrogens with one attached hydrogen (secondary N) is 2. The summed E-state index contributed by atoms with van der Waals surface area (Å²) in [5, 5.41) is 4.98. The zero-order valence-electron chi connectivity index (χ0n) is 16.0. The van der Waals surface area contributed by atoms with Crippen molar-refractivity contribution in [2.45, 2.75) is 25.7 Å². The van der Waals surface area contributed by atoms with E-state index in [0.29, 0.717) is 18.8 Å². The van der Waals surface area contributed by atoms with E-state index in [1.54, 1.807) is 4.90 Å². The lowest BCUT2D eigenvalue weighted by molar-refractivity contribution is -0.132. The molecule has 10 heteroatoms. The second-order valence-corrected chi connectivity index (χ2v) is 7.85. The molecule has 0 saturated carbocycles. The van der Waals surface area contributed by atoms with E-state index < -0.39 is 22.5 Å². The number of benzene rings is 1. The summed E-state index contributed by atoms with van der Waals surface area (Å²) >= 11 is 0. The molecule has 0 aliphatic rings. The van der Waals surface area contributed by atoms with Crippen molar-refractivity contribution in [1.29, 1.82) is 0 Å². The Morgan fingerprint density at radius 3 is 2.07 bits per heavy atom. The summed E-state index contributed by atoms with van der Waals surface area (Å²) in [6, 6.07) is 5.62. The molecule has 0 unspecified atom stereocenters. The summed E-state index contributed by atoms with van der Waals surface area (Å²) in [6.07, 6.45) is 0. The lowest BCUT2D eigenvalue weighted by Crippen LogP contribution is -2.43. The second kappa shape index (κ2) is 10.0. The minimum absolute atomic E-state index is 0.00822. The average molecular weight is 398 g/mol. The van der Waals surface area contributed by atoms with Crippen LogP contribution in [-0.2, 0) is 24.4 Å². The maximum atomic E-state index is 12.5. The van der Waals surface area contributed by atoms with Crippen LogP contribution in [0.4, 0.5) is 5.69 Å². The number of hydrogen-bond donors (Lipinski definition) is 2. The van der Waals surface area contributed by atoms with Gasteiger partial charge in [-0.25, -0.2) is 8.42 Å². The van der Waals surface area contributed by atoms with Gasteiger partial charge in [-0.05, 0) is 38.1 Å². The third-order valence-electron chi connectivity index (χ3n) is 3.80. The van der Waals surface area contributed by atoms with Gasteiger partial charge in [0.25, 0.3) is 0 Å². The van der Waals surface area contributed by atoms with Gasteiger partial charge in [-0.3, -0.25) is 14.4 Å². The van der Waals surface area contributed by atoms with Crippen LogP contribution >= 0.6 is 0 Å². The fraction of sp³-hybridized carbons (Fsp3) is 0.471. The molecule has 0 spiro atoms. The van der Waals surface area contributed by atoms with Crippen LogP contribution in [0.5, 0.6) is 0 Å². The molecule has 0 bridgehead atoms. The standard InChI is InChI=1S/C17H26N4O5S/c1-5-21(6-2)17(24)11-18-16(23)12-20(4)27(25,26)15-9-7-14(8-10-15)19-13(3)22/h7-10H,5-6,11-12H2,1-4H3,(H,18,23)(H,19,22). The van der Waals surface area contributed by atoms with E-state index in [4.69, 9.17) is 0 Å². The molecule has 1 rings (SSSR count).